The van der Waals surface area contributed by atoms with Crippen LogP contribution in [0.1, 0.15) is 0 Å². The molecule has 0 saturated heterocycles. The van der Waals surface area contributed by atoms with Crippen molar-refractivity contribution in [1.29, 1.82) is 0 Å². The third kappa shape index (κ3) is 4.20. The average molecular weight is 434 g/mol. The Labute approximate surface area is 163 Å². The van der Waals surface area contributed by atoms with Crippen molar-refractivity contribution >= 4 is 56.1 Å². The molecule has 0 N–H and O–H groups in total. The minimum absolute atomic E-state index is 0.0551. The molecule has 2 aromatic heterocycles. The highest BCUT2D eigenvalue weighted by Gasteiger charge is 2.20. The van der Waals surface area contributed by atoms with E-state index < -0.39 is 9.84 Å². The molecule has 5 nitrogen and oxygen atoms in total. The van der Waals surface area contributed by atoms with Crippen LogP contribution in [0.15, 0.2) is 45.8 Å². The van der Waals surface area contributed by atoms with Crippen molar-refractivity contribution in [2.24, 2.45) is 7.05 Å². The molecule has 3 aromatic rings. The lowest BCUT2D eigenvalue weighted by Gasteiger charge is -2.07. The van der Waals surface area contributed by atoms with Gasteiger partial charge in [0.25, 0.3) is 0 Å². The summed E-state index contributed by atoms with van der Waals surface area (Å²) in [7, 11) is -1.66. The smallest absolute Gasteiger partial charge is 0.191 e. The fourth-order valence-electron chi connectivity index (χ4n) is 2.13. The topological polar surface area (TPSA) is 64.8 Å². The van der Waals surface area contributed by atoms with Gasteiger partial charge in [-0.05, 0) is 29.6 Å². The molecule has 0 aliphatic rings. The van der Waals surface area contributed by atoms with E-state index in [1.54, 1.807) is 17.4 Å². The number of nitrogens with zero attached hydrogens (tertiary/aromatic N) is 3. The van der Waals surface area contributed by atoms with Crippen LogP contribution in [0.3, 0.4) is 0 Å². The van der Waals surface area contributed by atoms with Gasteiger partial charge in [0.2, 0.25) is 0 Å². The summed E-state index contributed by atoms with van der Waals surface area (Å²) < 4.78 is 26.8. The molecule has 0 unspecified atom stereocenters. The van der Waals surface area contributed by atoms with Crippen LogP contribution in [-0.4, -0.2) is 34.7 Å². The van der Waals surface area contributed by atoms with Gasteiger partial charge in [-0.1, -0.05) is 41.0 Å². The Morgan fingerprint density at radius 3 is 2.76 bits per heavy atom. The monoisotopic (exact) mass is 433 g/mol. The number of aromatic nitrogens is 3. The number of thioether (sulfide) groups is 1. The second kappa shape index (κ2) is 7.67. The molecule has 0 bridgehead atoms. The van der Waals surface area contributed by atoms with E-state index in [0.717, 1.165) is 10.7 Å². The van der Waals surface area contributed by atoms with Crippen molar-refractivity contribution in [2.45, 2.75) is 10.1 Å². The van der Waals surface area contributed by atoms with E-state index in [9.17, 15) is 8.42 Å². The molecule has 0 saturated carbocycles. The fraction of sp³-hybridized carbons (Fsp3) is 0.200. The molecule has 25 heavy (non-hydrogen) atoms. The maximum absolute atomic E-state index is 12.5. The van der Waals surface area contributed by atoms with Gasteiger partial charge in [0, 0.05) is 17.8 Å². The second-order valence-electron chi connectivity index (χ2n) is 5.08. The summed E-state index contributed by atoms with van der Waals surface area (Å²) in [5.74, 6) is 1.03. The molecule has 132 valence electrons. The first-order chi connectivity index (χ1) is 11.9. The Bertz CT molecular complexity index is 986. The Hall–Kier alpha value is -1.06. The zero-order valence-electron chi connectivity index (χ0n) is 13.0. The van der Waals surface area contributed by atoms with Gasteiger partial charge in [-0.2, -0.15) is 0 Å². The maximum Gasteiger partial charge on any atom is 0.191 e. The highest BCUT2D eigenvalue weighted by molar-refractivity contribution is 8.00. The summed E-state index contributed by atoms with van der Waals surface area (Å²) in [6, 6.07) is 8.34. The van der Waals surface area contributed by atoms with Crippen LogP contribution in [0.5, 0.6) is 0 Å². The highest BCUT2D eigenvalue weighted by atomic mass is 35.5. The van der Waals surface area contributed by atoms with Gasteiger partial charge in [-0.15, -0.1) is 21.5 Å². The zero-order chi connectivity index (χ0) is 18.0. The predicted octanol–water partition coefficient (Wildman–Crippen LogP) is 4.42. The summed E-state index contributed by atoms with van der Waals surface area (Å²) in [4.78, 5) is 1.07. The number of thiophene rings is 1. The molecule has 1 aromatic carbocycles. The maximum atomic E-state index is 12.5. The van der Waals surface area contributed by atoms with Gasteiger partial charge in [0.1, 0.15) is 0 Å². The molecular weight excluding hydrogens is 421 g/mol. The van der Waals surface area contributed by atoms with Crippen molar-refractivity contribution in [3.05, 3.63) is 45.8 Å². The quantitative estimate of drug-likeness (QED) is 0.538. The SMILES string of the molecule is Cn1c(SCCS(=O)(=O)c2cc(Cl)ccc2Cl)nnc1-c1cccs1. The van der Waals surface area contributed by atoms with Crippen molar-refractivity contribution in [1.82, 2.24) is 14.8 Å². The average Bonchev–Trinajstić information content (AvgIpc) is 3.20. The van der Waals surface area contributed by atoms with Gasteiger partial charge in [0.15, 0.2) is 20.8 Å². The molecule has 10 heteroatoms. The number of hydrogen-bond donors (Lipinski definition) is 0. The van der Waals surface area contributed by atoms with E-state index in [-0.39, 0.29) is 15.7 Å². The first-order valence-corrected chi connectivity index (χ1v) is 11.4. The summed E-state index contributed by atoms with van der Waals surface area (Å²) in [6.45, 7) is 0. The zero-order valence-corrected chi connectivity index (χ0v) is 17.0. The Morgan fingerprint density at radius 1 is 1.24 bits per heavy atom. The number of sulfone groups is 1. The molecule has 0 fully saturated rings. The lowest BCUT2D eigenvalue weighted by atomic mass is 10.4. The van der Waals surface area contributed by atoms with Gasteiger partial charge < -0.3 is 4.57 Å². The minimum atomic E-state index is -3.53. The lowest BCUT2D eigenvalue weighted by molar-refractivity contribution is 0.597. The third-order valence-corrected chi connectivity index (χ3v) is 7.96. The first-order valence-electron chi connectivity index (χ1n) is 7.12. The molecule has 3 rings (SSSR count). The molecule has 0 spiro atoms. The van der Waals surface area contributed by atoms with Crippen LogP contribution in [0, 0.1) is 0 Å². The van der Waals surface area contributed by atoms with E-state index in [2.05, 4.69) is 10.2 Å². The van der Waals surface area contributed by atoms with Gasteiger partial charge in [-0.25, -0.2) is 8.42 Å². The highest BCUT2D eigenvalue weighted by Crippen LogP contribution is 2.28. The van der Waals surface area contributed by atoms with E-state index in [1.165, 1.54) is 23.9 Å². The number of hydrogen-bond acceptors (Lipinski definition) is 6. The van der Waals surface area contributed by atoms with E-state index in [4.69, 9.17) is 23.2 Å². The minimum Gasteiger partial charge on any atom is -0.305 e. The van der Waals surface area contributed by atoms with Gasteiger partial charge in [-0.3, -0.25) is 0 Å². The standard InChI is InChI=1S/C15H13Cl2N3O2S3/c1-20-14(12-3-2-6-23-12)18-19-15(20)24-7-8-25(21,22)13-9-10(16)4-5-11(13)17/h2-6,9H,7-8H2,1H3. The summed E-state index contributed by atoms with van der Waals surface area (Å²) >= 11 is 14.8. The summed E-state index contributed by atoms with van der Waals surface area (Å²) in [5, 5.41) is 11.5. The van der Waals surface area contributed by atoms with E-state index in [1.807, 2.05) is 29.1 Å². The van der Waals surface area contributed by atoms with Crippen molar-refractivity contribution in [2.75, 3.05) is 11.5 Å². The van der Waals surface area contributed by atoms with Crippen LogP contribution in [0.2, 0.25) is 10.0 Å². The largest absolute Gasteiger partial charge is 0.305 e. The van der Waals surface area contributed by atoms with Crippen molar-refractivity contribution in [3.63, 3.8) is 0 Å². The molecule has 0 aliphatic heterocycles. The van der Waals surface area contributed by atoms with Gasteiger partial charge >= 0.3 is 0 Å². The van der Waals surface area contributed by atoms with Crippen molar-refractivity contribution in [3.8, 4) is 10.7 Å². The summed E-state index contributed by atoms with van der Waals surface area (Å²) in [5.41, 5.74) is 0. The predicted molar refractivity (Wildman–Crippen MR) is 104 cm³/mol. The molecule has 2 heterocycles. The van der Waals surface area contributed by atoms with Crippen LogP contribution in [0.4, 0.5) is 0 Å². The van der Waals surface area contributed by atoms with Gasteiger partial charge in [0.05, 0.1) is 20.5 Å². The van der Waals surface area contributed by atoms with Crippen LogP contribution < -0.4 is 0 Å². The Balaban J connectivity index is 1.70. The third-order valence-electron chi connectivity index (χ3n) is 3.39. The van der Waals surface area contributed by atoms with E-state index >= 15 is 0 Å². The van der Waals surface area contributed by atoms with Crippen LogP contribution >= 0.6 is 46.3 Å². The molecule has 0 amide bonds. The molecule has 0 aliphatic carbocycles. The normalized spacial score (nSPS) is 11.8. The lowest BCUT2D eigenvalue weighted by Crippen LogP contribution is -2.10. The summed E-state index contributed by atoms with van der Waals surface area (Å²) in [6.07, 6.45) is 0. The number of halogens is 2. The Morgan fingerprint density at radius 2 is 2.04 bits per heavy atom. The molecule has 0 atom stereocenters. The first kappa shape index (κ1) is 18.7. The van der Waals surface area contributed by atoms with Crippen LogP contribution in [0.25, 0.3) is 10.7 Å². The molecule has 0 radical (unpaired) electrons. The molecular formula is C15H13Cl2N3O2S3. The number of benzene rings is 1. The fourth-order valence-corrected chi connectivity index (χ4v) is 6.24. The second-order valence-corrected chi connectivity index (χ2v) is 10.0. The Kier molecular flexibility index (Phi) is 5.75. The van der Waals surface area contributed by atoms with Crippen molar-refractivity contribution < 1.29 is 8.42 Å². The number of rotatable bonds is 6. The van der Waals surface area contributed by atoms with Crippen LogP contribution in [-0.2, 0) is 16.9 Å². The van der Waals surface area contributed by atoms with E-state index in [0.29, 0.717) is 15.9 Å².